The summed E-state index contributed by atoms with van der Waals surface area (Å²) >= 11 is 6.76. The maximum Gasteiger partial charge on any atom is 0.129 e. The predicted octanol–water partition coefficient (Wildman–Crippen LogP) is 2.45. The molecule has 82 valence electrons. The summed E-state index contributed by atoms with van der Waals surface area (Å²) in [6, 6.07) is 7.61. The standard InChI is InChI=1S/C11H15NOS2/c1-15-8-4-7-13-10-6-3-2-5-9(10)11(12)14/h2-3,5-6H,4,7-8H2,1H3,(H2,12,14). The van der Waals surface area contributed by atoms with E-state index in [2.05, 4.69) is 6.26 Å². The zero-order valence-corrected chi connectivity index (χ0v) is 10.4. The smallest absolute Gasteiger partial charge is 0.129 e. The van der Waals surface area contributed by atoms with Gasteiger partial charge in [-0.15, -0.1) is 0 Å². The number of ether oxygens (including phenoxy) is 1. The molecule has 1 aromatic rings. The molecule has 0 atom stereocenters. The highest BCUT2D eigenvalue weighted by Crippen LogP contribution is 2.17. The van der Waals surface area contributed by atoms with Crippen molar-refractivity contribution in [2.24, 2.45) is 5.73 Å². The van der Waals surface area contributed by atoms with Crippen molar-refractivity contribution >= 4 is 29.0 Å². The highest BCUT2D eigenvalue weighted by molar-refractivity contribution is 7.98. The molecule has 0 bridgehead atoms. The lowest BCUT2D eigenvalue weighted by Crippen LogP contribution is -2.12. The third-order valence-electron chi connectivity index (χ3n) is 1.90. The molecule has 0 unspecified atom stereocenters. The van der Waals surface area contributed by atoms with E-state index >= 15 is 0 Å². The van der Waals surface area contributed by atoms with Crippen molar-refractivity contribution in [2.45, 2.75) is 6.42 Å². The van der Waals surface area contributed by atoms with Crippen LogP contribution in [0.1, 0.15) is 12.0 Å². The molecule has 1 aromatic carbocycles. The van der Waals surface area contributed by atoms with Crippen LogP contribution in [0.3, 0.4) is 0 Å². The molecule has 0 saturated heterocycles. The third kappa shape index (κ3) is 4.10. The van der Waals surface area contributed by atoms with Crippen molar-refractivity contribution in [3.63, 3.8) is 0 Å². The molecule has 4 heteroatoms. The Morgan fingerprint density at radius 1 is 1.47 bits per heavy atom. The van der Waals surface area contributed by atoms with Crippen molar-refractivity contribution in [1.29, 1.82) is 0 Å². The van der Waals surface area contributed by atoms with Gasteiger partial charge in [-0.1, -0.05) is 24.4 Å². The Hall–Kier alpha value is -0.740. The highest BCUT2D eigenvalue weighted by Gasteiger charge is 2.04. The first-order chi connectivity index (χ1) is 7.25. The van der Waals surface area contributed by atoms with Gasteiger partial charge in [-0.2, -0.15) is 11.8 Å². The van der Waals surface area contributed by atoms with E-state index in [1.54, 1.807) is 0 Å². The zero-order chi connectivity index (χ0) is 11.1. The summed E-state index contributed by atoms with van der Waals surface area (Å²) < 4.78 is 5.62. The monoisotopic (exact) mass is 241 g/mol. The van der Waals surface area contributed by atoms with Crippen LogP contribution < -0.4 is 10.5 Å². The molecule has 0 radical (unpaired) electrons. The molecular formula is C11H15NOS2. The highest BCUT2D eigenvalue weighted by atomic mass is 32.2. The topological polar surface area (TPSA) is 35.2 Å². The fourth-order valence-electron chi connectivity index (χ4n) is 1.18. The molecular weight excluding hydrogens is 226 g/mol. The minimum Gasteiger partial charge on any atom is -0.493 e. The number of hydrogen-bond acceptors (Lipinski definition) is 3. The predicted molar refractivity (Wildman–Crippen MR) is 70.8 cm³/mol. The summed E-state index contributed by atoms with van der Waals surface area (Å²) in [4.78, 5) is 0.385. The maximum absolute atomic E-state index is 5.62. The molecule has 0 heterocycles. The minimum absolute atomic E-state index is 0.385. The maximum atomic E-state index is 5.62. The van der Waals surface area contributed by atoms with Crippen LogP contribution >= 0.6 is 24.0 Å². The molecule has 1 rings (SSSR count). The van der Waals surface area contributed by atoms with Gasteiger partial charge in [-0.25, -0.2) is 0 Å². The molecule has 15 heavy (non-hydrogen) atoms. The molecule has 0 fully saturated rings. The molecule has 0 aliphatic rings. The van der Waals surface area contributed by atoms with Gasteiger partial charge in [0.25, 0.3) is 0 Å². The number of hydrogen-bond donors (Lipinski definition) is 1. The Kier molecular flexibility index (Phi) is 5.50. The Labute approximate surface area is 100 Å². The van der Waals surface area contributed by atoms with Crippen LogP contribution in [0.4, 0.5) is 0 Å². The number of benzene rings is 1. The molecule has 0 saturated carbocycles. The van der Waals surface area contributed by atoms with Crippen LogP contribution in [0.5, 0.6) is 5.75 Å². The summed E-state index contributed by atoms with van der Waals surface area (Å²) in [7, 11) is 0. The zero-order valence-electron chi connectivity index (χ0n) is 8.73. The summed E-state index contributed by atoms with van der Waals surface area (Å²) in [5, 5.41) is 0. The number of para-hydroxylation sites is 1. The second-order valence-corrected chi connectivity index (χ2v) is 4.48. The minimum atomic E-state index is 0.385. The van der Waals surface area contributed by atoms with Gasteiger partial charge in [0.15, 0.2) is 0 Å². The van der Waals surface area contributed by atoms with Crippen molar-refractivity contribution < 1.29 is 4.74 Å². The molecule has 0 aromatic heterocycles. The van der Waals surface area contributed by atoms with E-state index in [-0.39, 0.29) is 0 Å². The Balaban J connectivity index is 2.56. The van der Waals surface area contributed by atoms with Gasteiger partial charge in [-0.05, 0) is 30.6 Å². The number of rotatable bonds is 6. The number of thiocarbonyl (C=S) groups is 1. The van der Waals surface area contributed by atoms with Crippen molar-refractivity contribution in [2.75, 3.05) is 18.6 Å². The SMILES string of the molecule is CSCCCOc1ccccc1C(N)=S. The first kappa shape index (κ1) is 12.3. The van der Waals surface area contributed by atoms with E-state index in [4.69, 9.17) is 22.7 Å². The van der Waals surface area contributed by atoms with E-state index in [0.29, 0.717) is 11.6 Å². The normalized spacial score (nSPS) is 9.93. The summed E-state index contributed by atoms with van der Waals surface area (Å²) in [5.41, 5.74) is 6.41. The molecule has 0 aliphatic heterocycles. The fourth-order valence-corrected chi connectivity index (χ4v) is 1.76. The van der Waals surface area contributed by atoms with E-state index in [1.807, 2.05) is 36.0 Å². The lowest BCUT2D eigenvalue weighted by molar-refractivity contribution is 0.318. The second kappa shape index (κ2) is 6.69. The first-order valence-corrected chi connectivity index (χ1v) is 6.56. The van der Waals surface area contributed by atoms with Crippen molar-refractivity contribution in [3.05, 3.63) is 29.8 Å². The van der Waals surface area contributed by atoms with E-state index in [0.717, 1.165) is 23.5 Å². The Bertz CT molecular complexity index is 328. The van der Waals surface area contributed by atoms with Crippen LogP contribution in [0.25, 0.3) is 0 Å². The van der Waals surface area contributed by atoms with Crippen LogP contribution in [0, 0.1) is 0 Å². The van der Waals surface area contributed by atoms with Gasteiger partial charge in [0.1, 0.15) is 10.7 Å². The number of thioether (sulfide) groups is 1. The average molecular weight is 241 g/mol. The van der Waals surface area contributed by atoms with E-state index < -0.39 is 0 Å². The Morgan fingerprint density at radius 3 is 2.87 bits per heavy atom. The molecule has 2 nitrogen and oxygen atoms in total. The van der Waals surface area contributed by atoms with Gasteiger partial charge in [-0.3, -0.25) is 0 Å². The van der Waals surface area contributed by atoms with Crippen molar-refractivity contribution in [3.8, 4) is 5.75 Å². The lowest BCUT2D eigenvalue weighted by atomic mass is 10.2. The Morgan fingerprint density at radius 2 is 2.20 bits per heavy atom. The van der Waals surface area contributed by atoms with Crippen LogP contribution in [0.2, 0.25) is 0 Å². The second-order valence-electron chi connectivity index (χ2n) is 3.06. The third-order valence-corrected chi connectivity index (χ3v) is 2.82. The van der Waals surface area contributed by atoms with Gasteiger partial charge in [0.05, 0.1) is 12.2 Å². The van der Waals surface area contributed by atoms with Crippen LogP contribution in [-0.2, 0) is 0 Å². The van der Waals surface area contributed by atoms with Crippen LogP contribution in [-0.4, -0.2) is 23.6 Å². The molecule has 0 aliphatic carbocycles. The number of nitrogens with two attached hydrogens (primary N) is 1. The van der Waals surface area contributed by atoms with Gasteiger partial charge >= 0.3 is 0 Å². The quantitative estimate of drug-likeness (QED) is 0.613. The lowest BCUT2D eigenvalue weighted by Gasteiger charge is -2.09. The summed E-state index contributed by atoms with van der Waals surface area (Å²) in [5.74, 6) is 1.89. The van der Waals surface area contributed by atoms with Crippen LogP contribution in [0.15, 0.2) is 24.3 Å². The van der Waals surface area contributed by atoms with Gasteiger partial charge in [0, 0.05) is 0 Å². The summed E-state index contributed by atoms with van der Waals surface area (Å²) in [6.45, 7) is 0.709. The molecule has 0 amide bonds. The van der Waals surface area contributed by atoms with Crippen molar-refractivity contribution in [1.82, 2.24) is 0 Å². The first-order valence-electron chi connectivity index (χ1n) is 4.76. The molecule has 2 N–H and O–H groups in total. The average Bonchev–Trinajstić information content (AvgIpc) is 2.25. The van der Waals surface area contributed by atoms with Gasteiger partial charge < -0.3 is 10.5 Å². The molecule has 0 spiro atoms. The largest absolute Gasteiger partial charge is 0.493 e. The van der Waals surface area contributed by atoms with E-state index in [1.165, 1.54) is 0 Å². The summed E-state index contributed by atoms with van der Waals surface area (Å²) in [6.07, 6.45) is 3.12. The fraction of sp³-hybridized carbons (Fsp3) is 0.364. The van der Waals surface area contributed by atoms with Gasteiger partial charge in [0.2, 0.25) is 0 Å². The van der Waals surface area contributed by atoms with E-state index in [9.17, 15) is 0 Å².